The van der Waals surface area contributed by atoms with Crippen molar-refractivity contribution >= 4 is 34.8 Å². The number of aliphatic hydroxyl groups is 4. The average molecular weight is 344 g/mol. The minimum Gasteiger partial charge on any atom is -0.394 e. The van der Waals surface area contributed by atoms with Gasteiger partial charge in [-0.1, -0.05) is 0 Å². The first-order valence-electron chi connectivity index (χ1n) is 6.84. The van der Waals surface area contributed by atoms with Gasteiger partial charge in [-0.25, -0.2) is 0 Å². The number of anilines is 1. The van der Waals surface area contributed by atoms with Gasteiger partial charge in [-0.2, -0.15) is 0 Å². The highest BCUT2D eigenvalue weighted by atomic mass is 32.2. The van der Waals surface area contributed by atoms with Crippen LogP contribution in [-0.2, 0) is 0 Å². The van der Waals surface area contributed by atoms with Crippen molar-refractivity contribution in [3.05, 3.63) is 24.3 Å². The summed E-state index contributed by atoms with van der Waals surface area (Å²) in [6, 6.07) is 6.88. The summed E-state index contributed by atoms with van der Waals surface area (Å²) >= 11 is 6.93. The number of nitrogens with zero attached hydrogens (tertiary/aromatic N) is 1. The van der Waals surface area contributed by atoms with Gasteiger partial charge in [-0.05, 0) is 42.7 Å². The first kappa shape index (κ1) is 17.5. The summed E-state index contributed by atoms with van der Waals surface area (Å²) in [4.78, 5) is 2.62. The molecule has 1 saturated heterocycles. The summed E-state index contributed by atoms with van der Waals surface area (Å²) in [5.41, 5.74) is 0.773. The molecule has 0 radical (unpaired) electrons. The van der Waals surface area contributed by atoms with E-state index in [0.29, 0.717) is 0 Å². The fraction of sp³-hybridized carbons (Fsp3) is 0.500. The Bertz CT molecular complexity index is 514. The molecule has 22 heavy (non-hydrogen) atoms. The zero-order valence-corrected chi connectivity index (χ0v) is 13.7. The molecule has 122 valence electrons. The number of thiocarbonyl (C=S) groups is 1. The van der Waals surface area contributed by atoms with Crippen LogP contribution in [0.15, 0.2) is 29.2 Å². The Morgan fingerprint density at radius 3 is 2.45 bits per heavy atom. The Morgan fingerprint density at radius 1 is 1.27 bits per heavy atom. The van der Waals surface area contributed by atoms with Crippen molar-refractivity contribution in [3.63, 3.8) is 0 Å². The number of thioether (sulfide) groups is 1. The molecule has 0 unspecified atom stereocenters. The second-order valence-corrected chi connectivity index (χ2v) is 6.38. The van der Waals surface area contributed by atoms with E-state index in [1.54, 1.807) is 11.8 Å². The molecule has 4 atom stereocenters. The molecule has 1 aromatic carbocycles. The standard InChI is InChI=1S/C14H20N2O4S2/c1-22-9-4-2-8(3-5-9)15-14(21)16-6-11(18)13(20)12(19)10(16)7-17/h2-5,10-13,17-20H,6-7H2,1H3,(H,15,21)/t10-,11+,12+,13-/m1/s1. The molecule has 6 nitrogen and oxygen atoms in total. The molecule has 1 fully saturated rings. The molecule has 0 amide bonds. The number of rotatable bonds is 3. The number of aliphatic hydroxyl groups excluding tert-OH is 4. The van der Waals surface area contributed by atoms with Crippen LogP contribution in [0.5, 0.6) is 0 Å². The third-order valence-corrected chi connectivity index (χ3v) is 4.79. The van der Waals surface area contributed by atoms with E-state index in [1.807, 2.05) is 30.5 Å². The van der Waals surface area contributed by atoms with Gasteiger partial charge in [0.2, 0.25) is 0 Å². The molecule has 0 bridgehead atoms. The molecule has 2 rings (SSSR count). The molecular weight excluding hydrogens is 324 g/mol. The number of benzene rings is 1. The van der Waals surface area contributed by atoms with Crippen LogP contribution < -0.4 is 5.32 Å². The normalized spacial score (nSPS) is 28.5. The van der Waals surface area contributed by atoms with Gasteiger partial charge in [0.25, 0.3) is 0 Å². The van der Waals surface area contributed by atoms with Crippen molar-refractivity contribution in [1.29, 1.82) is 0 Å². The third-order valence-electron chi connectivity index (χ3n) is 3.71. The van der Waals surface area contributed by atoms with Crippen LogP contribution in [-0.4, -0.2) is 74.2 Å². The number of likely N-dealkylation sites (tertiary alicyclic amines) is 1. The highest BCUT2D eigenvalue weighted by molar-refractivity contribution is 7.98. The average Bonchev–Trinajstić information content (AvgIpc) is 2.53. The first-order chi connectivity index (χ1) is 10.5. The van der Waals surface area contributed by atoms with Crippen molar-refractivity contribution in [2.45, 2.75) is 29.2 Å². The smallest absolute Gasteiger partial charge is 0.173 e. The van der Waals surface area contributed by atoms with E-state index in [2.05, 4.69) is 5.32 Å². The van der Waals surface area contributed by atoms with Crippen LogP contribution in [0.2, 0.25) is 0 Å². The topological polar surface area (TPSA) is 96.2 Å². The fourth-order valence-electron chi connectivity index (χ4n) is 2.39. The lowest BCUT2D eigenvalue weighted by atomic mass is 9.95. The van der Waals surface area contributed by atoms with Gasteiger partial charge in [0.1, 0.15) is 18.3 Å². The van der Waals surface area contributed by atoms with Crippen LogP contribution >= 0.6 is 24.0 Å². The largest absolute Gasteiger partial charge is 0.394 e. The molecule has 1 heterocycles. The Kier molecular flexibility index (Phi) is 6.01. The minimum atomic E-state index is -1.29. The molecule has 1 aromatic rings. The van der Waals surface area contributed by atoms with Crippen LogP contribution in [0.3, 0.4) is 0 Å². The molecule has 0 spiro atoms. The van der Waals surface area contributed by atoms with Crippen LogP contribution in [0, 0.1) is 0 Å². The molecule has 1 aliphatic heterocycles. The van der Waals surface area contributed by atoms with E-state index in [1.165, 1.54) is 4.90 Å². The summed E-state index contributed by atoms with van der Waals surface area (Å²) in [6.45, 7) is -0.337. The van der Waals surface area contributed by atoms with Crippen LogP contribution in [0.4, 0.5) is 5.69 Å². The second kappa shape index (κ2) is 7.58. The van der Waals surface area contributed by atoms with E-state index >= 15 is 0 Å². The predicted molar refractivity (Wildman–Crippen MR) is 90.0 cm³/mol. The maximum Gasteiger partial charge on any atom is 0.173 e. The second-order valence-electron chi connectivity index (χ2n) is 5.11. The molecule has 5 N–H and O–H groups in total. The van der Waals surface area contributed by atoms with Gasteiger partial charge in [0, 0.05) is 17.1 Å². The lowest BCUT2D eigenvalue weighted by Gasteiger charge is -2.44. The van der Waals surface area contributed by atoms with Gasteiger partial charge < -0.3 is 30.6 Å². The molecule has 0 aromatic heterocycles. The highest BCUT2D eigenvalue weighted by Crippen LogP contribution is 2.22. The van der Waals surface area contributed by atoms with Crippen molar-refractivity contribution in [3.8, 4) is 0 Å². The predicted octanol–water partition coefficient (Wildman–Crippen LogP) is -0.136. The number of piperidine rings is 1. The Balaban J connectivity index is 2.09. The maximum absolute atomic E-state index is 9.96. The van der Waals surface area contributed by atoms with E-state index in [0.717, 1.165) is 10.6 Å². The van der Waals surface area contributed by atoms with Crippen molar-refractivity contribution < 1.29 is 20.4 Å². The summed E-state index contributed by atoms with van der Waals surface area (Å²) in [5, 5.41) is 42.2. The van der Waals surface area contributed by atoms with Crippen molar-refractivity contribution in [2.75, 3.05) is 24.7 Å². The van der Waals surface area contributed by atoms with Crippen LogP contribution in [0.1, 0.15) is 0 Å². The first-order valence-corrected chi connectivity index (χ1v) is 8.48. The monoisotopic (exact) mass is 344 g/mol. The summed E-state index contributed by atoms with van der Waals surface area (Å²) in [7, 11) is 0. The molecular formula is C14H20N2O4S2. The summed E-state index contributed by atoms with van der Waals surface area (Å²) in [6.07, 6.45) is -1.71. The van der Waals surface area contributed by atoms with Gasteiger partial charge in [0.05, 0.1) is 12.6 Å². The van der Waals surface area contributed by atoms with Crippen molar-refractivity contribution in [1.82, 2.24) is 4.90 Å². The maximum atomic E-state index is 9.96. The zero-order valence-electron chi connectivity index (χ0n) is 12.1. The fourth-order valence-corrected chi connectivity index (χ4v) is 3.13. The molecule has 0 saturated carbocycles. The number of hydrogen-bond acceptors (Lipinski definition) is 6. The molecule has 8 heteroatoms. The third kappa shape index (κ3) is 3.70. The number of β-amino-alcohol motifs (C(OH)–C–C–N with tert-alkyl or cyclic N) is 1. The number of hydrogen-bond donors (Lipinski definition) is 5. The van der Waals surface area contributed by atoms with Gasteiger partial charge in [0.15, 0.2) is 5.11 Å². The van der Waals surface area contributed by atoms with Crippen LogP contribution in [0.25, 0.3) is 0 Å². The SMILES string of the molecule is CSc1ccc(NC(=S)N2C[C@H](O)[C@@H](O)[C@@H](O)[C@H]2CO)cc1. The Labute approximate surface area is 138 Å². The van der Waals surface area contributed by atoms with E-state index in [-0.39, 0.29) is 18.3 Å². The van der Waals surface area contributed by atoms with Gasteiger partial charge >= 0.3 is 0 Å². The number of nitrogens with one attached hydrogen (secondary N) is 1. The Morgan fingerprint density at radius 2 is 1.91 bits per heavy atom. The molecule has 0 aliphatic carbocycles. The van der Waals surface area contributed by atoms with Crippen molar-refractivity contribution in [2.24, 2.45) is 0 Å². The highest BCUT2D eigenvalue weighted by Gasteiger charge is 2.42. The lowest BCUT2D eigenvalue weighted by molar-refractivity contribution is -0.128. The lowest BCUT2D eigenvalue weighted by Crippen LogP contribution is -2.64. The zero-order chi connectivity index (χ0) is 16.3. The van der Waals surface area contributed by atoms with E-state index in [4.69, 9.17) is 12.2 Å². The quantitative estimate of drug-likeness (QED) is 0.382. The Hall–Kier alpha value is -0.900. The summed E-state index contributed by atoms with van der Waals surface area (Å²) < 4.78 is 0. The van der Waals surface area contributed by atoms with E-state index < -0.39 is 24.4 Å². The summed E-state index contributed by atoms with van der Waals surface area (Å²) in [5.74, 6) is 0. The van der Waals surface area contributed by atoms with Gasteiger partial charge in [-0.3, -0.25) is 0 Å². The molecule has 1 aliphatic rings. The minimum absolute atomic E-state index is 0.0399. The van der Waals surface area contributed by atoms with E-state index in [9.17, 15) is 20.4 Å². The van der Waals surface area contributed by atoms with Gasteiger partial charge in [-0.15, -0.1) is 11.8 Å².